The SMILES string of the molecule is COc1ccc(N2C(=O)C(=Cc3ccc(OC)c4ccccc34)C(=O)NC2=S)cc1. The summed E-state index contributed by atoms with van der Waals surface area (Å²) >= 11 is 5.25. The van der Waals surface area contributed by atoms with Crippen LogP contribution in [0.15, 0.2) is 66.2 Å². The number of nitrogens with one attached hydrogen (secondary N) is 1. The normalized spacial score (nSPS) is 15.5. The minimum absolute atomic E-state index is 0.00487. The van der Waals surface area contributed by atoms with E-state index in [1.807, 2.05) is 36.4 Å². The van der Waals surface area contributed by atoms with Crippen LogP contribution in [0.4, 0.5) is 5.69 Å². The maximum Gasteiger partial charge on any atom is 0.270 e. The Morgan fingerprint density at radius 2 is 1.60 bits per heavy atom. The lowest BCUT2D eigenvalue weighted by Crippen LogP contribution is -2.54. The van der Waals surface area contributed by atoms with Gasteiger partial charge in [-0.2, -0.15) is 0 Å². The van der Waals surface area contributed by atoms with Crippen molar-refractivity contribution in [2.24, 2.45) is 0 Å². The van der Waals surface area contributed by atoms with Crippen LogP contribution >= 0.6 is 12.2 Å². The number of carbonyl (C=O) groups is 2. The molecule has 1 saturated heterocycles. The number of nitrogens with zero attached hydrogens (tertiary/aromatic N) is 1. The van der Waals surface area contributed by atoms with Crippen LogP contribution in [-0.4, -0.2) is 31.1 Å². The Morgan fingerprint density at radius 1 is 0.900 bits per heavy atom. The van der Waals surface area contributed by atoms with Gasteiger partial charge >= 0.3 is 0 Å². The number of carbonyl (C=O) groups excluding carboxylic acids is 2. The van der Waals surface area contributed by atoms with Crippen molar-refractivity contribution in [1.29, 1.82) is 0 Å². The van der Waals surface area contributed by atoms with Gasteiger partial charge in [0.05, 0.1) is 19.9 Å². The molecule has 0 unspecified atom stereocenters. The molecule has 0 radical (unpaired) electrons. The van der Waals surface area contributed by atoms with Gasteiger partial charge in [-0.15, -0.1) is 0 Å². The Hall–Kier alpha value is -3.71. The van der Waals surface area contributed by atoms with E-state index in [9.17, 15) is 9.59 Å². The van der Waals surface area contributed by atoms with E-state index in [4.69, 9.17) is 21.7 Å². The van der Waals surface area contributed by atoms with Crippen molar-refractivity contribution in [3.63, 3.8) is 0 Å². The molecule has 3 aromatic rings. The topological polar surface area (TPSA) is 67.9 Å². The van der Waals surface area contributed by atoms with Crippen molar-refractivity contribution in [2.75, 3.05) is 19.1 Å². The number of anilines is 1. The second-order valence-electron chi connectivity index (χ2n) is 6.56. The lowest BCUT2D eigenvalue weighted by molar-refractivity contribution is -0.122. The molecule has 1 fully saturated rings. The summed E-state index contributed by atoms with van der Waals surface area (Å²) < 4.78 is 10.6. The van der Waals surface area contributed by atoms with Crippen LogP contribution in [0.3, 0.4) is 0 Å². The van der Waals surface area contributed by atoms with Crippen molar-refractivity contribution in [3.8, 4) is 11.5 Å². The molecule has 7 heteroatoms. The van der Waals surface area contributed by atoms with Gasteiger partial charge in [0.25, 0.3) is 11.8 Å². The van der Waals surface area contributed by atoms with Crippen LogP contribution in [0.1, 0.15) is 5.56 Å². The molecular weight excluding hydrogens is 400 g/mol. The summed E-state index contributed by atoms with van der Waals surface area (Å²) in [6.07, 6.45) is 1.58. The Balaban J connectivity index is 1.79. The highest BCUT2D eigenvalue weighted by Crippen LogP contribution is 2.31. The van der Waals surface area contributed by atoms with E-state index in [0.29, 0.717) is 17.2 Å². The number of methoxy groups -OCH3 is 2. The molecule has 0 atom stereocenters. The quantitative estimate of drug-likeness (QED) is 0.398. The van der Waals surface area contributed by atoms with E-state index in [-0.39, 0.29) is 10.7 Å². The number of benzene rings is 3. The number of amides is 2. The molecule has 0 saturated carbocycles. The summed E-state index contributed by atoms with van der Waals surface area (Å²) in [6.45, 7) is 0. The van der Waals surface area contributed by atoms with E-state index in [2.05, 4.69) is 5.32 Å². The molecule has 0 aromatic heterocycles. The van der Waals surface area contributed by atoms with Crippen molar-refractivity contribution >= 4 is 51.7 Å². The number of ether oxygens (including phenoxy) is 2. The lowest BCUT2D eigenvalue weighted by atomic mass is 10.00. The molecule has 1 N–H and O–H groups in total. The fourth-order valence-electron chi connectivity index (χ4n) is 3.38. The Bertz CT molecular complexity index is 1200. The van der Waals surface area contributed by atoms with Gasteiger partial charge in [0.15, 0.2) is 5.11 Å². The third-order valence-electron chi connectivity index (χ3n) is 4.87. The molecule has 4 rings (SSSR count). The molecule has 30 heavy (non-hydrogen) atoms. The first-order chi connectivity index (χ1) is 14.5. The summed E-state index contributed by atoms with van der Waals surface area (Å²) in [4.78, 5) is 27.1. The smallest absolute Gasteiger partial charge is 0.270 e. The fourth-order valence-corrected chi connectivity index (χ4v) is 3.66. The van der Waals surface area contributed by atoms with Crippen LogP contribution in [-0.2, 0) is 9.59 Å². The number of hydrogen-bond acceptors (Lipinski definition) is 5. The molecule has 1 aliphatic rings. The van der Waals surface area contributed by atoms with Crippen molar-refractivity contribution in [3.05, 3.63) is 71.8 Å². The molecule has 0 spiro atoms. The van der Waals surface area contributed by atoms with E-state index < -0.39 is 11.8 Å². The Labute approximate surface area is 178 Å². The summed E-state index contributed by atoms with van der Waals surface area (Å²) in [5, 5.41) is 4.39. The maximum atomic E-state index is 13.2. The zero-order valence-electron chi connectivity index (χ0n) is 16.3. The summed E-state index contributed by atoms with van der Waals surface area (Å²) in [5.41, 5.74) is 1.26. The van der Waals surface area contributed by atoms with E-state index in [1.165, 1.54) is 4.90 Å². The molecular formula is C23H18N2O4S. The number of rotatable bonds is 4. The second kappa shape index (κ2) is 7.96. The Morgan fingerprint density at radius 3 is 2.27 bits per heavy atom. The molecule has 150 valence electrons. The van der Waals surface area contributed by atoms with Crippen LogP contribution in [0, 0.1) is 0 Å². The minimum atomic E-state index is -0.533. The van der Waals surface area contributed by atoms with Gasteiger partial charge in [0.2, 0.25) is 0 Å². The van der Waals surface area contributed by atoms with Crippen molar-refractivity contribution in [1.82, 2.24) is 5.32 Å². The van der Waals surface area contributed by atoms with Gasteiger partial charge in [-0.1, -0.05) is 30.3 Å². The van der Waals surface area contributed by atoms with Gasteiger partial charge < -0.3 is 9.47 Å². The first kappa shape index (κ1) is 19.6. The van der Waals surface area contributed by atoms with Crippen LogP contribution < -0.4 is 19.7 Å². The third-order valence-corrected chi connectivity index (χ3v) is 5.15. The zero-order chi connectivity index (χ0) is 21.3. The minimum Gasteiger partial charge on any atom is -0.497 e. The third kappa shape index (κ3) is 3.40. The standard InChI is InChI=1S/C23H18N2O4S/c1-28-16-10-8-15(9-11-16)25-22(27)19(21(26)24-23(25)30)13-14-7-12-20(29-2)18-6-4-3-5-17(14)18/h3-13H,1-2H3,(H,24,26,30). The molecule has 0 aliphatic carbocycles. The van der Waals surface area contributed by atoms with Crippen molar-refractivity contribution < 1.29 is 19.1 Å². The predicted molar refractivity (Wildman–Crippen MR) is 120 cm³/mol. The van der Waals surface area contributed by atoms with Gasteiger partial charge in [0, 0.05) is 5.39 Å². The van der Waals surface area contributed by atoms with E-state index >= 15 is 0 Å². The molecule has 6 nitrogen and oxygen atoms in total. The average molecular weight is 418 g/mol. The molecule has 0 bridgehead atoms. The summed E-state index contributed by atoms with van der Waals surface area (Å²) in [6, 6.07) is 18.1. The summed E-state index contributed by atoms with van der Waals surface area (Å²) in [5.74, 6) is 0.343. The number of hydrogen-bond donors (Lipinski definition) is 1. The van der Waals surface area contributed by atoms with Crippen LogP contribution in [0.2, 0.25) is 0 Å². The van der Waals surface area contributed by atoms with E-state index in [1.54, 1.807) is 44.6 Å². The highest BCUT2D eigenvalue weighted by Gasteiger charge is 2.34. The zero-order valence-corrected chi connectivity index (χ0v) is 17.2. The highest BCUT2D eigenvalue weighted by atomic mass is 32.1. The molecule has 2 amide bonds. The average Bonchev–Trinajstić information content (AvgIpc) is 2.77. The van der Waals surface area contributed by atoms with E-state index in [0.717, 1.165) is 16.3 Å². The first-order valence-electron chi connectivity index (χ1n) is 9.14. The molecule has 1 heterocycles. The summed E-state index contributed by atoms with van der Waals surface area (Å²) in [7, 11) is 3.16. The molecule has 1 aliphatic heterocycles. The number of thiocarbonyl (C=S) groups is 1. The lowest BCUT2D eigenvalue weighted by Gasteiger charge is -2.29. The maximum absolute atomic E-state index is 13.2. The van der Waals surface area contributed by atoms with Gasteiger partial charge in [-0.3, -0.25) is 19.8 Å². The van der Waals surface area contributed by atoms with Gasteiger partial charge in [-0.25, -0.2) is 0 Å². The van der Waals surface area contributed by atoms with Gasteiger partial charge in [0.1, 0.15) is 17.1 Å². The largest absolute Gasteiger partial charge is 0.497 e. The van der Waals surface area contributed by atoms with Crippen LogP contribution in [0.5, 0.6) is 11.5 Å². The number of fused-ring (bicyclic) bond motifs is 1. The van der Waals surface area contributed by atoms with Gasteiger partial charge in [-0.05, 0) is 59.6 Å². The highest BCUT2D eigenvalue weighted by molar-refractivity contribution is 7.80. The van der Waals surface area contributed by atoms with Crippen molar-refractivity contribution in [2.45, 2.75) is 0 Å². The molecule has 3 aromatic carbocycles. The monoisotopic (exact) mass is 418 g/mol. The second-order valence-corrected chi connectivity index (χ2v) is 6.95. The van der Waals surface area contributed by atoms with Crippen LogP contribution in [0.25, 0.3) is 16.8 Å². The Kier molecular flexibility index (Phi) is 5.20. The predicted octanol–water partition coefficient (Wildman–Crippen LogP) is 3.69. The fraction of sp³-hybridized carbons (Fsp3) is 0.0870. The first-order valence-corrected chi connectivity index (χ1v) is 9.55.